The van der Waals surface area contributed by atoms with Crippen molar-refractivity contribution in [2.45, 2.75) is 25.9 Å². The molecule has 0 amide bonds. The van der Waals surface area contributed by atoms with Crippen LogP contribution in [0.3, 0.4) is 0 Å². The van der Waals surface area contributed by atoms with Crippen LogP contribution in [0.2, 0.25) is 0 Å². The number of carboxylic acid groups (broad SMARTS) is 1. The minimum absolute atomic E-state index is 0.219. The Labute approximate surface area is 106 Å². The zero-order valence-corrected chi connectivity index (χ0v) is 10.4. The second-order valence-corrected chi connectivity index (χ2v) is 4.64. The first-order valence-corrected chi connectivity index (χ1v) is 6.16. The van der Waals surface area contributed by atoms with Crippen molar-refractivity contribution in [3.05, 3.63) is 29.6 Å². The van der Waals surface area contributed by atoms with Crippen LogP contribution in [0, 0.1) is 5.92 Å². The predicted octanol–water partition coefficient (Wildman–Crippen LogP) is 1.29. The van der Waals surface area contributed by atoms with Crippen LogP contribution in [-0.2, 0) is 11.3 Å². The van der Waals surface area contributed by atoms with Crippen molar-refractivity contribution < 1.29 is 14.6 Å². The standard InChI is InChI=1S/C13H18N2O3/c1-9(11-4-5-18-8-11)14-7-12-3-2-10(6-15-12)13(16)17/h2-3,6,9,11,14H,4-5,7-8H2,1H3,(H,16,17). The number of pyridine rings is 1. The van der Waals surface area contributed by atoms with Crippen molar-refractivity contribution in [3.8, 4) is 0 Å². The highest BCUT2D eigenvalue weighted by Crippen LogP contribution is 2.16. The van der Waals surface area contributed by atoms with Gasteiger partial charge in [0.1, 0.15) is 0 Å². The molecule has 1 aliphatic heterocycles. The lowest BCUT2D eigenvalue weighted by Gasteiger charge is -2.18. The maximum absolute atomic E-state index is 10.7. The van der Waals surface area contributed by atoms with Crippen LogP contribution in [0.4, 0.5) is 0 Å². The highest BCUT2D eigenvalue weighted by Gasteiger charge is 2.21. The average Bonchev–Trinajstić information content (AvgIpc) is 2.90. The fraction of sp³-hybridized carbons (Fsp3) is 0.538. The molecule has 0 spiro atoms. The summed E-state index contributed by atoms with van der Waals surface area (Å²) in [5, 5.41) is 12.2. The predicted molar refractivity (Wildman–Crippen MR) is 66.4 cm³/mol. The minimum atomic E-state index is -0.946. The molecule has 1 saturated heterocycles. The Morgan fingerprint density at radius 3 is 3.06 bits per heavy atom. The Hall–Kier alpha value is -1.46. The molecule has 18 heavy (non-hydrogen) atoms. The Morgan fingerprint density at radius 1 is 1.67 bits per heavy atom. The number of aromatic carboxylic acids is 1. The molecule has 2 rings (SSSR count). The van der Waals surface area contributed by atoms with Gasteiger partial charge >= 0.3 is 5.97 Å². The van der Waals surface area contributed by atoms with Crippen molar-refractivity contribution in [2.24, 2.45) is 5.92 Å². The SMILES string of the molecule is CC(NCc1ccc(C(=O)O)cn1)C1CCOC1. The lowest BCUT2D eigenvalue weighted by atomic mass is 10.0. The van der Waals surface area contributed by atoms with Gasteiger partial charge in [-0.25, -0.2) is 4.79 Å². The molecule has 2 N–H and O–H groups in total. The molecule has 0 bridgehead atoms. The van der Waals surface area contributed by atoms with Crippen LogP contribution >= 0.6 is 0 Å². The second kappa shape index (κ2) is 5.93. The highest BCUT2D eigenvalue weighted by atomic mass is 16.5. The van der Waals surface area contributed by atoms with E-state index in [0.29, 0.717) is 18.5 Å². The first-order chi connectivity index (χ1) is 8.66. The van der Waals surface area contributed by atoms with E-state index in [9.17, 15) is 4.79 Å². The molecule has 98 valence electrons. The fourth-order valence-corrected chi connectivity index (χ4v) is 2.03. The summed E-state index contributed by atoms with van der Waals surface area (Å²) in [5.74, 6) is -0.387. The minimum Gasteiger partial charge on any atom is -0.478 e. The molecule has 0 saturated carbocycles. The summed E-state index contributed by atoms with van der Waals surface area (Å²) < 4.78 is 5.35. The van der Waals surface area contributed by atoms with E-state index in [-0.39, 0.29) is 5.56 Å². The maximum atomic E-state index is 10.7. The number of nitrogens with zero attached hydrogens (tertiary/aromatic N) is 1. The van der Waals surface area contributed by atoms with Crippen molar-refractivity contribution in [1.82, 2.24) is 10.3 Å². The Morgan fingerprint density at radius 2 is 2.50 bits per heavy atom. The molecule has 2 atom stereocenters. The Balaban J connectivity index is 1.84. The van der Waals surface area contributed by atoms with E-state index < -0.39 is 5.97 Å². The van der Waals surface area contributed by atoms with Gasteiger partial charge in [0.25, 0.3) is 0 Å². The summed E-state index contributed by atoms with van der Waals surface area (Å²) in [5.41, 5.74) is 1.07. The lowest BCUT2D eigenvalue weighted by molar-refractivity contribution is 0.0696. The van der Waals surface area contributed by atoms with E-state index in [1.165, 1.54) is 6.20 Å². The van der Waals surface area contributed by atoms with Crippen LogP contribution in [0.5, 0.6) is 0 Å². The number of hydrogen-bond acceptors (Lipinski definition) is 4. The summed E-state index contributed by atoms with van der Waals surface area (Å²) in [4.78, 5) is 14.8. The van der Waals surface area contributed by atoms with Gasteiger partial charge in [0.15, 0.2) is 0 Å². The van der Waals surface area contributed by atoms with Gasteiger partial charge in [0, 0.05) is 25.4 Å². The van der Waals surface area contributed by atoms with Crippen molar-refractivity contribution in [2.75, 3.05) is 13.2 Å². The molecule has 1 aliphatic rings. The first kappa shape index (κ1) is 13.0. The van der Waals surface area contributed by atoms with Crippen LogP contribution in [0.25, 0.3) is 0 Å². The van der Waals surface area contributed by atoms with Gasteiger partial charge in [-0.2, -0.15) is 0 Å². The number of nitrogens with one attached hydrogen (secondary N) is 1. The molecule has 2 heterocycles. The quantitative estimate of drug-likeness (QED) is 0.824. The van der Waals surface area contributed by atoms with Gasteiger partial charge in [0.05, 0.1) is 17.9 Å². The summed E-state index contributed by atoms with van der Waals surface area (Å²) in [6.45, 7) is 4.46. The number of carboxylic acids is 1. The van der Waals surface area contributed by atoms with Crippen molar-refractivity contribution in [3.63, 3.8) is 0 Å². The maximum Gasteiger partial charge on any atom is 0.337 e. The number of rotatable bonds is 5. The van der Waals surface area contributed by atoms with Crippen LogP contribution in [-0.4, -0.2) is 35.3 Å². The van der Waals surface area contributed by atoms with Gasteiger partial charge in [-0.05, 0) is 31.4 Å². The van der Waals surface area contributed by atoms with Gasteiger partial charge in [-0.3, -0.25) is 4.98 Å². The van der Waals surface area contributed by atoms with Crippen LogP contribution < -0.4 is 5.32 Å². The third kappa shape index (κ3) is 3.27. The van der Waals surface area contributed by atoms with Gasteiger partial charge in [-0.15, -0.1) is 0 Å². The highest BCUT2D eigenvalue weighted by molar-refractivity contribution is 5.87. The van der Waals surface area contributed by atoms with Crippen molar-refractivity contribution >= 4 is 5.97 Å². The van der Waals surface area contributed by atoms with Gasteiger partial charge in [-0.1, -0.05) is 0 Å². The fourth-order valence-electron chi connectivity index (χ4n) is 2.03. The zero-order chi connectivity index (χ0) is 13.0. The molecule has 0 radical (unpaired) electrons. The molecule has 0 aromatic carbocycles. The average molecular weight is 250 g/mol. The van der Waals surface area contributed by atoms with Crippen LogP contribution in [0.1, 0.15) is 29.4 Å². The van der Waals surface area contributed by atoms with E-state index in [1.807, 2.05) is 0 Å². The Bertz CT molecular complexity index is 399. The summed E-state index contributed by atoms with van der Waals surface area (Å²) in [6.07, 6.45) is 2.49. The molecular weight excluding hydrogens is 232 g/mol. The van der Waals surface area contributed by atoms with E-state index in [2.05, 4.69) is 17.2 Å². The molecular formula is C13H18N2O3. The van der Waals surface area contributed by atoms with E-state index in [4.69, 9.17) is 9.84 Å². The number of carbonyl (C=O) groups is 1. The Kier molecular flexibility index (Phi) is 4.28. The monoisotopic (exact) mass is 250 g/mol. The molecule has 1 aromatic heterocycles. The smallest absolute Gasteiger partial charge is 0.337 e. The summed E-state index contributed by atoms with van der Waals surface area (Å²) >= 11 is 0. The molecule has 1 aromatic rings. The van der Waals surface area contributed by atoms with Crippen LogP contribution in [0.15, 0.2) is 18.3 Å². The normalized spacial score (nSPS) is 20.8. The zero-order valence-electron chi connectivity index (χ0n) is 10.4. The summed E-state index contributed by atoms with van der Waals surface area (Å²) in [6, 6.07) is 3.71. The van der Waals surface area contributed by atoms with E-state index >= 15 is 0 Å². The molecule has 0 aliphatic carbocycles. The largest absolute Gasteiger partial charge is 0.478 e. The van der Waals surface area contributed by atoms with E-state index in [1.54, 1.807) is 12.1 Å². The molecule has 5 nitrogen and oxygen atoms in total. The van der Waals surface area contributed by atoms with Gasteiger partial charge in [0.2, 0.25) is 0 Å². The third-order valence-corrected chi connectivity index (χ3v) is 3.35. The van der Waals surface area contributed by atoms with Crippen molar-refractivity contribution in [1.29, 1.82) is 0 Å². The lowest BCUT2D eigenvalue weighted by Crippen LogP contribution is -2.33. The topological polar surface area (TPSA) is 71.5 Å². The molecule has 1 fully saturated rings. The first-order valence-electron chi connectivity index (χ1n) is 6.16. The third-order valence-electron chi connectivity index (χ3n) is 3.35. The molecule has 2 unspecified atom stereocenters. The molecule has 5 heteroatoms. The number of aromatic nitrogens is 1. The van der Waals surface area contributed by atoms with E-state index in [0.717, 1.165) is 25.3 Å². The summed E-state index contributed by atoms with van der Waals surface area (Å²) in [7, 11) is 0. The number of hydrogen-bond donors (Lipinski definition) is 2. The second-order valence-electron chi connectivity index (χ2n) is 4.64. The number of ether oxygens (including phenoxy) is 1. The van der Waals surface area contributed by atoms with Gasteiger partial charge < -0.3 is 15.2 Å².